The Labute approximate surface area is 239 Å². The summed E-state index contributed by atoms with van der Waals surface area (Å²) in [5.74, 6) is -3.03. The van der Waals surface area contributed by atoms with Crippen molar-refractivity contribution in [3.05, 3.63) is 96.1 Å². The number of nitrogens with zero attached hydrogens (tertiary/aromatic N) is 2. The minimum Gasteiger partial charge on any atom is -0.497 e. The standard InChI is InChI=1S/C27H32N2O5S.C2H2O4/c1-33-25-12-14-26(15-13-25)35(31,32)29-18-16-28(17-19-29)20-24(30)21-34-27(22-8-4-2-5-9-22)23-10-6-3-7-11-23;3-1(4)2(5)6/h2-15,24,27,30H,16-21H2,1H3;(H,3,4)(H,5,6). The van der Waals surface area contributed by atoms with Crippen LogP contribution in [-0.2, 0) is 24.3 Å². The van der Waals surface area contributed by atoms with E-state index >= 15 is 0 Å². The summed E-state index contributed by atoms with van der Waals surface area (Å²) in [4.78, 5) is 20.5. The highest BCUT2D eigenvalue weighted by molar-refractivity contribution is 7.89. The Morgan fingerprint density at radius 3 is 1.73 bits per heavy atom. The van der Waals surface area contributed by atoms with Crippen LogP contribution in [0.4, 0.5) is 0 Å². The molecule has 0 saturated carbocycles. The number of methoxy groups -OCH3 is 1. The normalized spacial score (nSPS) is 15.0. The maximum absolute atomic E-state index is 13.0. The first kappa shape index (κ1) is 31.7. The number of benzene rings is 3. The smallest absolute Gasteiger partial charge is 0.414 e. The number of carbonyl (C=O) groups is 2. The van der Waals surface area contributed by atoms with E-state index in [4.69, 9.17) is 29.3 Å². The third kappa shape index (κ3) is 9.37. The van der Waals surface area contributed by atoms with E-state index < -0.39 is 28.1 Å². The van der Waals surface area contributed by atoms with Crippen LogP contribution in [0.2, 0.25) is 0 Å². The van der Waals surface area contributed by atoms with Crippen LogP contribution in [0.3, 0.4) is 0 Å². The van der Waals surface area contributed by atoms with Gasteiger partial charge in [0.1, 0.15) is 11.9 Å². The topological polar surface area (TPSA) is 154 Å². The SMILES string of the molecule is COc1ccc(S(=O)(=O)N2CCN(CC(O)COC(c3ccccc3)c3ccccc3)CC2)cc1.O=C(O)C(=O)O. The Bertz CT molecular complexity index is 1290. The molecule has 3 aromatic carbocycles. The molecule has 11 nitrogen and oxygen atoms in total. The number of aliphatic hydroxyl groups excluding tert-OH is 1. The van der Waals surface area contributed by atoms with Crippen molar-refractivity contribution in [2.75, 3.05) is 46.4 Å². The average Bonchev–Trinajstić information content (AvgIpc) is 2.99. The lowest BCUT2D eigenvalue weighted by Gasteiger charge is -2.35. The number of sulfonamides is 1. The predicted octanol–water partition coefficient (Wildman–Crippen LogP) is 2.32. The Balaban J connectivity index is 0.000000696. The fourth-order valence-electron chi connectivity index (χ4n) is 4.25. The molecule has 0 aromatic heterocycles. The van der Waals surface area contributed by atoms with E-state index in [0.29, 0.717) is 38.5 Å². The number of hydrogen-bond donors (Lipinski definition) is 3. The van der Waals surface area contributed by atoms with E-state index in [1.54, 1.807) is 31.4 Å². The van der Waals surface area contributed by atoms with Gasteiger partial charge in [0.15, 0.2) is 0 Å². The van der Waals surface area contributed by atoms with E-state index in [1.807, 2.05) is 60.7 Å². The second-order valence-electron chi connectivity index (χ2n) is 9.18. The molecule has 1 unspecified atom stereocenters. The molecule has 3 aromatic rings. The van der Waals surface area contributed by atoms with Crippen LogP contribution in [0, 0.1) is 0 Å². The van der Waals surface area contributed by atoms with Crippen LogP contribution < -0.4 is 4.74 Å². The third-order valence-corrected chi connectivity index (χ3v) is 8.25. The van der Waals surface area contributed by atoms with Crippen molar-refractivity contribution in [1.82, 2.24) is 9.21 Å². The number of β-amino-alcohol motifs (C(OH)–C–C–N with tert-alkyl or cyclic N) is 1. The minimum atomic E-state index is -3.56. The van der Waals surface area contributed by atoms with E-state index in [9.17, 15) is 13.5 Å². The summed E-state index contributed by atoms with van der Waals surface area (Å²) in [6, 6.07) is 26.4. The van der Waals surface area contributed by atoms with Gasteiger partial charge in [0.25, 0.3) is 0 Å². The summed E-state index contributed by atoms with van der Waals surface area (Å²) in [6.45, 7) is 2.45. The van der Waals surface area contributed by atoms with Gasteiger partial charge in [-0.25, -0.2) is 18.0 Å². The first-order valence-electron chi connectivity index (χ1n) is 12.8. The molecule has 1 heterocycles. The quantitative estimate of drug-likeness (QED) is 0.302. The molecule has 0 radical (unpaired) electrons. The number of carboxylic acid groups (broad SMARTS) is 2. The maximum Gasteiger partial charge on any atom is 0.414 e. The Morgan fingerprint density at radius 1 is 0.805 bits per heavy atom. The lowest BCUT2D eigenvalue weighted by molar-refractivity contribution is -0.159. The predicted molar refractivity (Wildman–Crippen MR) is 150 cm³/mol. The van der Waals surface area contributed by atoms with Crippen LogP contribution in [-0.4, -0.2) is 97.4 Å². The summed E-state index contributed by atoms with van der Waals surface area (Å²) < 4.78 is 38.7. The molecule has 12 heteroatoms. The molecule has 3 N–H and O–H groups in total. The molecule has 4 rings (SSSR count). The highest BCUT2D eigenvalue weighted by Crippen LogP contribution is 2.26. The van der Waals surface area contributed by atoms with Crippen molar-refractivity contribution in [2.24, 2.45) is 0 Å². The molecule has 1 aliphatic rings. The first-order valence-corrected chi connectivity index (χ1v) is 14.3. The average molecular weight is 587 g/mol. The minimum absolute atomic E-state index is 0.179. The zero-order chi connectivity index (χ0) is 29.8. The monoisotopic (exact) mass is 586 g/mol. The summed E-state index contributed by atoms with van der Waals surface area (Å²) in [5.41, 5.74) is 2.06. The third-order valence-electron chi connectivity index (χ3n) is 6.34. The fraction of sp³-hybridized carbons (Fsp3) is 0.310. The van der Waals surface area contributed by atoms with Crippen molar-refractivity contribution in [2.45, 2.75) is 17.1 Å². The lowest BCUT2D eigenvalue weighted by atomic mass is 10.0. The number of piperazine rings is 1. The van der Waals surface area contributed by atoms with Gasteiger partial charge < -0.3 is 24.8 Å². The fourth-order valence-corrected chi connectivity index (χ4v) is 5.67. The molecule has 1 aliphatic heterocycles. The highest BCUT2D eigenvalue weighted by Gasteiger charge is 2.29. The summed E-state index contributed by atoms with van der Waals surface area (Å²) in [6.07, 6.45) is -0.951. The van der Waals surface area contributed by atoms with Gasteiger partial charge in [-0.3, -0.25) is 4.90 Å². The highest BCUT2D eigenvalue weighted by atomic mass is 32.2. The van der Waals surface area contributed by atoms with E-state index in [-0.39, 0.29) is 17.6 Å². The second kappa shape index (κ2) is 15.3. The molecule has 0 bridgehead atoms. The molecule has 1 atom stereocenters. The van der Waals surface area contributed by atoms with Crippen molar-refractivity contribution in [1.29, 1.82) is 0 Å². The molecule has 1 fully saturated rings. The van der Waals surface area contributed by atoms with Crippen molar-refractivity contribution < 1.29 is 42.8 Å². The van der Waals surface area contributed by atoms with Crippen LogP contribution >= 0.6 is 0 Å². The Kier molecular flexibility index (Phi) is 11.8. The number of ether oxygens (including phenoxy) is 2. The summed E-state index contributed by atoms with van der Waals surface area (Å²) in [7, 11) is -2.01. The van der Waals surface area contributed by atoms with Gasteiger partial charge in [-0.2, -0.15) is 4.31 Å². The first-order chi connectivity index (χ1) is 19.6. The molecule has 0 amide bonds. The van der Waals surface area contributed by atoms with E-state index in [1.165, 1.54) is 4.31 Å². The van der Waals surface area contributed by atoms with Gasteiger partial charge in [-0.1, -0.05) is 60.7 Å². The number of carboxylic acids is 2. The zero-order valence-electron chi connectivity index (χ0n) is 22.6. The van der Waals surface area contributed by atoms with Crippen LogP contribution in [0.15, 0.2) is 89.8 Å². The largest absolute Gasteiger partial charge is 0.497 e. The molecule has 220 valence electrons. The number of aliphatic hydroxyl groups is 1. The van der Waals surface area contributed by atoms with Gasteiger partial charge in [-0.15, -0.1) is 0 Å². The van der Waals surface area contributed by atoms with Gasteiger partial charge in [0.05, 0.1) is 24.7 Å². The number of aliphatic carboxylic acids is 2. The maximum atomic E-state index is 13.0. The summed E-state index contributed by atoms with van der Waals surface area (Å²) in [5, 5.41) is 25.5. The Morgan fingerprint density at radius 2 is 1.29 bits per heavy atom. The molecule has 0 aliphatic carbocycles. The Hall–Kier alpha value is -3.81. The van der Waals surface area contributed by atoms with Gasteiger partial charge in [0.2, 0.25) is 10.0 Å². The second-order valence-corrected chi connectivity index (χ2v) is 11.1. The van der Waals surface area contributed by atoms with Gasteiger partial charge in [0, 0.05) is 32.7 Å². The van der Waals surface area contributed by atoms with Crippen LogP contribution in [0.1, 0.15) is 17.2 Å². The summed E-state index contributed by atoms with van der Waals surface area (Å²) >= 11 is 0. The zero-order valence-corrected chi connectivity index (χ0v) is 23.4. The molecular weight excluding hydrogens is 552 g/mol. The lowest BCUT2D eigenvalue weighted by Crippen LogP contribution is -2.50. The molecule has 41 heavy (non-hydrogen) atoms. The van der Waals surface area contributed by atoms with Crippen molar-refractivity contribution in [3.63, 3.8) is 0 Å². The van der Waals surface area contributed by atoms with Crippen molar-refractivity contribution >= 4 is 22.0 Å². The van der Waals surface area contributed by atoms with E-state index in [2.05, 4.69) is 4.90 Å². The molecule has 1 saturated heterocycles. The van der Waals surface area contributed by atoms with Crippen LogP contribution in [0.5, 0.6) is 5.75 Å². The van der Waals surface area contributed by atoms with Crippen LogP contribution in [0.25, 0.3) is 0 Å². The van der Waals surface area contributed by atoms with E-state index in [0.717, 1.165) is 11.1 Å². The van der Waals surface area contributed by atoms with Gasteiger partial charge >= 0.3 is 11.9 Å². The van der Waals surface area contributed by atoms with Gasteiger partial charge in [-0.05, 0) is 35.4 Å². The molecule has 0 spiro atoms. The number of rotatable bonds is 10. The molecular formula is C29H34N2O9S. The van der Waals surface area contributed by atoms with Crippen molar-refractivity contribution in [3.8, 4) is 5.75 Å². The number of hydrogen-bond acceptors (Lipinski definition) is 8.